The highest BCUT2D eigenvalue weighted by atomic mass is 32.2. The van der Waals surface area contributed by atoms with Crippen LogP contribution in [0.4, 0.5) is 5.00 Å². The number of esters is 2. The number of piperidine rings is 1. The molecule has 1 aliphatic rings. The van der Waals surface area contributed by atoms with E-state index in [1.165, 1.54) is 28.6 Å². The lowest BCUT2D eigenvalue weighted by Crippen LogP contribution is -2.35. The van der Waals surface area contributed by atoms with Gasteiger partial charge in [-0.25, -0.2) is 18.0 Å². The van der Waals surface area contributed by atoms with E-state index in [9.17, 15) is 22.8 Å². The van der Waals surface area contributed by atoms with Crippen molar-refractivity contribution in [1.82, 2.24) is 4.31 Å². The predicted octanol–water partition coefficient (Wildman–Crippen LogP) is 5.02. The van der Waals surface area contributed by atoms with Gasteiger partial charge in [-0.05, 0) is 62.1 Å². The lowest BCUT2D eigenvalue weighted by molar-refractivity contribution is 0.0477. The Morgan fingerprint density at radius 2 is 1.59 bits per heavy atom. The monoisotopic (exact) mass is 570 g/mol. The van der Waals surface area contributed by atoms with Crippen molar-refractivity contribution >= 4 is 44.2 Å². The van der Waals surface area contributed by atoms with Gasteiger partial charge in [-0.15, -0.1) is 11.3 Å². The summed E-state index contributed by atoms with van der Waals surface area (Å²) < 4.78 is 37.9. The van der Waals surface area contributed by atoms with E-state index >= 15 is 0 Å². The molecular weight excluding hydrogens is 540 g/mol. The van der Waals surface area contributed by atoms with Crippen LogP contribution in [0.3, 0.4) is 0 Å². The van der Waals surface area contributed by atoms with E-state index in [1.54, 1.807) is 13.8 Å². The molecule has 2 heterocycles. The highest BCUT2D eigenvalue weighted by Gasteiger charge is 2.29. The number of rotatable bonds is 9. The van der Waals surface area contributed by atoms with Crippen LogP contribution < -0.4 is 5.32 Å². The van der Waals surface area contributed by atoms with Crippen LogP contribution in [-0.2, 0) is 26.1 Å². The molecule has 39 heavy (non-hydrogen) atoms. The Morgan fingerprint density at radius 1 is 0.923 bits per heavy atom. The van der Waals surface area contributed by atoms with Crippen molar-refractivity contribution in [2.24, 2.45) is 0 Å². The number of nitrogens with one attached hydrogen (secondary N) is 1. The minimum atomic E-state index is -3.63. The average molecular weight is 571 g/mol. The summed E-state index contributed by atoms with van der Waals surface area (Å²) in [5, 5.41) is 2.83. The van der Waals surface area contributed by atoms with Gasteiger partial charge in [0.05, 0.1) is 17.1 Å². The normalized spacial score (nSPS) is 14.0. The summed E-state index contributed by atoms with van der Waals surface area (Å²) in [6.07, 6.45) is 2.66. The third-order valence-electron chi connectivity index (χ3n) is 6.32. The van der Waals surface area contributed by atoms with Gasteiger partial charge in [-0.1, -0.05) is 36.8 Å². The molecule has 1 aromatic heterocycles. The van der Waals surface area contributed by atoms with E-state index in [2.05, 4.69) is 5.32 Å². The maximum atomic E-state index is 13.1. The predicted molar refractivity (Wildman–Crippen MR) is 148 cm³/mol. The first kappa shape index (κ1) is 28.5. The highest BCUT2D eigenvalue weighted by Crippen LogP contribution is 2.35. The minimum absolute atomic E-state index is 0.0557. The Kier molecular flexibility index (Phi) is 9.16. The summed E-state index contributed by atoms with van der Waals surface area (Å²) >= 11 is 0.923. The zero-order valence-electron chi connectivity index (χ0n) is 21.8. The van der Waals surface area contributed by atoms with E-state index in [4.69, 9.17) is 9.47 Å². The van der Waals surface area contributed by atoms with Crippen LogP contribution in [-0.4, -0.2) is 50.3 Å². The topological polar surface area (TPSA) is 119 Å². The van der Waals surface area contributed by atoms with Gasteiger partial charge in [0.25, 0.3) is 5.91 Å². The summed E-state index contributed by atoms with van der Waals surface area (Å²) in [5.74, 6) is -1.86. The quantitative estimate of drug-likeness (QED) is 0.359. The first-order valence-corrected chi connectivity index (χ1v) is 14.9. The van der Waals surface area contributed by atoms with E-state index in [0.29, 0.717) is 18.7 Å². The molecule has 0 atom stereocenters. The summed E-state index contributed by atoms with van der Waals surface area (Å²) in [6, 6.07) is 14.8. The van der Waals surface area contributed by atoms with Crippen LogP contribution in [0.5, 0.6) is 0 Å². The second-order valence-corrected chi connectivity index (χ2v) is 11.9. The van der Waals surface area contributed by atoms with E-state index < -0.39 is 27.9 Å². The Morgan fingerprint density at radius 3 is 2.23 bits per heavy atom. The fourth-order valence-corrected chi connectivity index (χ4v) is 6.84. The lowest BCUT2D eigenvalue weighted by Gasteiger charge is -2.25. The van der Waals surface area contributed by atoms with Crippen LogP contribution in [0.15, 0.2) is 59.5 Å². The van der Waals surface area contributed by atoms with Crippen molar-refractivity contribution in [1.29, 1.82) is 0 Å². The molecule has 0 unspecified atom stereocenters. The SMILES string of the molecule is CCOC(=O)c1c(NC(=O)c2ccc(S(=O)(=O)N3CCCCC3)cc2)sc(C(=O)OCc2ccccc2)c1C. The molecule has 1 saturated heterocycles. The second kappa shape index (κ2) is 12.5. The minimum Gasteiger partial charge on any atom is -0.462 e. The Labute approximate surface area is 231 Å². The Hall–Kier alpha value is -3.54. The largest absolute Gasteiger partial charge is 0.462 e. The zero-order valence-corrected chi connectivity index (χ0v) is 23.4. The molecule has 0 saturated carbocycles. The van der Waals surface area contributed by atoms with Crippen molar-refractivity contribution in [3.63, 3.8) is 0 Å². The van der Waals surface area contributed by atoms with Crippen LogP contribution in [0.25, 0.3) is 0 Å². The van der Waals surface area contributed by atoms with E-state index in [0.717, 1.165) is 36.2 Å². The molecule has 11 heteroatoms. The number of hydrogen-bond donors (Lipinski definition) is 1. The maximum absolute atomic E-state index is 13.1. The number of amides is 1. The van der Waals surface area contributed by atoms with Crippen molar-refractivity contribution in [2.45, 2.75) is 44.6 Å². The smallest absolute Gasteiger partial charge is 0.349 e. The molecular formula is C28H30N2O7S2. The van der Waals surface area contributed by atoms with Gasteiger partial charge in [0.15, 0.2) is 0 Å². The van der Waals surface area contributed by atoms with Crippen LogP contribution in [0.2, 0.25) is 0 Å². The summed E-state index contributed by atoms with van der Waals surface area (Å²) in [4.78, 5) is 39.0. The Balaban J connectivity index is 1.54. The first-order valence-electron chi connectivity index (χ1n) is 12.7. The molecule has 2 aromatic carbocycles. The third-order valence-corrected chi connectivity index (χ3v) is 9.42. The van der Waals surface area contributed by atoms with Crippen LogP contribution in [0, 0.1) is 6.92 Å². The van der Waals surface area contributed by atoms with Crippen molar-refractivity contribution in [2.75, 3.05) is 25.0 Å². The maximum Gasteiger partial charge on any atom is 0.349 e. The molecule has 9 nitrogen and oxygen atoms in total. The van der Waals surface area contributed by atoms with Gasteiger partial charge in [-0.3, -0.25) is 4.79 Å². The fourth-order valence-electron chi connectivity index (χ4n) is 4.24. The van der Waals surface area contributed by atoms with Gasteiger partial charge in [0.1, 0.15) is 16.5 Å². The van der Waals surface area contributed by atoms with Crippen molar-refractivity contribution in [3.05, 3.63) is 81.7 Å². The fraction of sp³-hybridized carbons (Fsp3) is 0.321. The van der Waals surface area contributed by atoms with Gasteiger partial charge in [-0.2, -0.15) is 4.31 Å². The number of nitrogens with zero attached hydrogens (tertiary/aromatic N) is 1. The number of ether oxygens (including phenoxy) is 2. The van der Waals surface area contributed by atoms with E-state index in [-0.39, 0.29) is 39.1 Å². The van der Waals surface area contributed by atoms with E-state index in [1.807, 2.05) is 30.3 Å². The van der Waals surface area contributed by atoms with Crippen molar-refractivity contribution < 1.29 is 32.3 Å². The molecule has 0 aliphatic carbocycles. The highest BCUT2D eigenvalue weighted by molar-refractivity contribution is 7.89. The molecule has 1 aliphatic heterocycles. The van der Waals surface area contributed by atoms with Crippen molar-refractivity contribution in [3.8, 4) is 0 Å². The molecule has 0 bridgehead atoms. The van der Waals surface area contributed by atoms with Gasteiger partial charge in [0.2, 0.25) is 10.0 Å². The molecule has 0 radical (unpaired) electrons. The van der Waals surface area contributed by atoms with Crippen LogP contribution >= 0.6 is 11.3 Å². The number of hydrogen-bond acceptors (Lipinski definition) is 8. The molecule has 206 valence electrons. The Bertz CT molecular complexity index is 1440. The lowest BCUT2D eigenvalue weighted by atomic mass is 10.1. The average Bonchev–Trinajstić information content (AvgIpc) is 3.28. The molecule has 4 rings (SSSR count). The summed E-state index contributed by atoms with van der Waals surface area (Å²) in [7, 11) is -3.63. The summed E-state index contributed by atoms with van der Waals surface area (Å²) in [5.41, 5.74) is 1.42. The van der Waals surface area contributed by atoms with Gasteiger partial charge >= 0.3 is 11.9 Å². The van der Waals surface area contributed by atoms with Crippen LogP contribution in [0.1, 0.15) is 67.7 Å². The first-order chi connectivity index (χ1) is 18.7. The molecule has 1 amide bonds. The number of benzene rings is 2. The number of thiophene rings is 1. The molecule has 0 spiro atoms. The van der Waals surface area contributed by atoms with Gasteiger partial charge in [0, 0.05) is 18.7 Å². The molecule has 1 fully saturated rings. The molecule has 3 aromatic rings. The number of anilines is 1. The van der Waals surface area contributed by atoms with Gasteiger partial charge < -0.3 is 14.8 Å². The molecule has 1 N–H and O–H groups in total. The summed E-state index contributed by atoms with van der Waals surface area (Å²) in [6.45, 7) is 4.39. The third kappa shape index (κ3) is 6.55. The zero-order chi connectivity index (χ0) is 28.0. The number of sulfonamides is 1. The number of carbonyl (C=O) groups is 3. The standard InChI is InChI=1S/C28H30N2O7S2/c1-3-36-27(32)23-19(2)24(28(33)37-18-20-10-6-4-7-11-20)38-26(23)29-25(31)21-12-14-22(15-13-21)39(34,35)30-16-8-5-9-17-30/h4,6-7,10-15H,3,5,8-9,16-18H2,1-2H3,(H,29,31). The second-order valence-electron chi connectivity index (χ2n) is 8.99. The number of carbonyl (C=O) groups excluding carboxylic acids is 3.